The van der Waals surface area contributed by atoms with Gasteiger partial charge >= 0.3 is 0 Å². The molecule has 0 bridgehead atoms. The maximum absolute atomic E-state index is 10.2. The number of rotatable bonds is 7. The van der Waals surface area contributed by atoms with E-state index in [9.17, 15) is 5.11 Å². The van der Waals surface area contributed by atoms with Crippen molar-refractivity contribution in [3.63, 3.8) is 0 Å². The van der Waals surface area contributed by atoms with E-state index in [1.165, 1.54) is 11.1 Å². The Balaban J connectivity index is 2.58. The highest BCUT2D eigenvalue weighted by atomic mass is 16.5. The second kappa shape index (κ2) is 7.39. The first-order valence-electron chi connectivity index (χ1n) is 7.71. The third-order valence-corrected chi connectivity index (χ3v) is 3.91. The zero-order valence-electron chi connectivity index (χ0n) is 14.4. The Labute approximate surface area is 129 Å². The highest BCUT2D eigenvalue weighted by molar-refractivity contribution is 5.29. The Hall–Kier alpha value is -0.900. The SMILES string of the molecule is COCCC(C)(O)CNC(C)c1ccc(C(C)(C)C)cc1. The summed E-state index contributed by atoms with van der Waals surface area (Å²) in [7, 11) is 1.66. The summed E-state index contributed by atoms with van der Waals surface area (Å²) in [6.07, 6.45) is 0.631. The first kappa shape index (κ1) is 18.1. The summed E-state index contributed by atoms with van der Waals surface area (Å²) in [5.74, 6) is 0. The summed E-state index contributed by atoms with van der Waals surface area (Å²) in [5.41, 5.74) is 2.02. The number of benzene rings is 1. The highest BCUT2D eigenvalue weighted by Gasteiger charge is 2.21. The Morgan fingerprint density at radius 3 is 2.19 bits per heavy atom. The smallest absolute Gasteiger partial charge is 0.0765 e. The molecule has 0 heterocycles. The van der Waals surface area contributed by atoms with Gasteiger partial charge in [0.2, 0.25) is 0 Å². The lowest BCUT2D eigenvalue weighted by Crippen LogP contribution is -2.39. The zero-order chi connectivity index (χ0) is 16.1. The summed E-state index contributed by atoms with van der Waals surface area (Å²) < 4.78 is 5.03. The lowest BCUT2D eigenvalue weighted by Gasteiger charge is -2.26. The maximum atomic E-state index is 10.2. The predicted octanol–water partition coefficient (Wildman–Crippen LogP) is 3.42. The monoisotopic (exact) mass is 293 g/mol. The van der Waals surface area contributed by atoms with E-state index < -0.39 is 5.60 Å². The average Bonchev–Trinajstić information content (AvgIpc) is 2.42. The molecule has 0 saturated heterocycles. The molecular formula is C18H31NO2. The Bertz CT molecular complexity index is 418. The molecule has 0 spiro atoms. The maximum Gasteiger partial charge on any atom is 0.0765 e. The molecule has 1 rings (SSSR count). The van der Waals surface area contributed by atoms with Crippen LogP contribution in [0.3, 0.4) is 0 Å². The van der Waals surface area contributed by atoms with Crippen molar-refractivity contribution >= 4 is 0 Å². The second-order valence-electron chi connectivity index (χ2n) is 7.21. The molecule has 1 aromatic rings. The normalized spacial score (nSPS) is 16.5. The number of nitrogens with one attached hydrogen (secondary N) is 1. The molecule has 1 aromatic carbocycles. The summed E-state index contributed by atoms with van der Waals surface area (Å²) >= 11 is 0. The molecule has 3 nitrogen and oxygen atoms in total. The molecule has 0 aliphatic rings. The minimum Gasteiger partial charge on any atom is -0.389 e. The molecule has 2 N–H and O–H groups in total. The van der Waals surface area contributed by atoms with Crippen molar-refractivity contribution < 1.29 is 9.84 Å². The summed E-state index contributed by atoms with van der Waals surface area (Å²) in [6, 6.07) is 8.94. The number of ether oxygens (including phenoxy) is 1. The molecular weight excluding hydrogens is 262 g/mol. The van der Waals surface area contributed by atoms with E-state index >= 15 is 0 Å². The number of hydrogen-bond donors (Lipinski definition) is 2. The molecule has 0 aliphatic carbocycles. The van der Waals surface area contributed by atoms with Gasteiger partial charge in [-0.1, -0.05) is 45.0 Å². The van der Waals surface area contributed by atoms with Gasteiger partial charge in [0.15, 0.2) is 0 Å². The van der Waals surface area contributed by atoms with E-state index in [1.807, 2.05) is 6.92 Å². The average molecular weight is 293 g/mol. The van der Waals surface area contributed by atoms with Crippen molar-refractivity contribution in [3.8, 4) is 0 Å². The van der Waals surface area contributed by atoms with Crippen LogP contribution in [0.25, 0.3) is 0 Å². The van der Waals surface area contributed by atoms with Crippen molar-refractivity contribution in [1.29, 1.82) is 0 Å². The molecule has 0 amide bonds. The van der Waals surface area contributed by atoms with Gasteiger partial charge in [0.05, 0.1) is 5.60 Å². The summed E-state index contributed by atoms with van der Waals surface area (Å²) in [5, 5.41) is 13.7. The zero-order valence-corrected chi connectivity index (χ0v) is 14.4. The molecule has 0 fully saturated rings. The van der Waals surface area contributed by atoms with Gasteiger partial charge in [0.1, 0.15) is 0 Å². The first-order chi connectivity index (χ1) is 9.65. The van der Waals surface area contributed by atoms with Gasteiger partial charge in [-0.3, -0.25) is 0 Å². The lowest BCUT2D eigenvalue weighted by molar-refractivity contribution is 0.0231. The molecule has 0 radical (unpaired) electrons. The fourth-order valence-corrected chi connectivity index (χ4v) is 2.17. The third kappa shape index (κ3) is 6.16. The molecule has 21 heavy (non-hydrogen) atoms. The van der Waals surface area contributed by atoms with Crippen LogP contribution in [-0.4, -0.2) is 31.0 Å². The Morgan fingerprint density at radius 1 is 1.14 bits per heavy atom. The van der Waals surface area contributed by atoms with Crippen LogP contribution in [-0.2, 0) is 10.2 Å². The van der Waals surface area contributed by atoms with Crippen LogP contribution in [0.4, 0.5) is 0 Å². The predicted molar refractivity (Wildman–Crippen MR) is 88.7 cm³/mol. The molecule has 2 unspecified atom stereocenters. The lowest BCUT2D eigenvalue weighted by atomic mass is 9.86. The molecule has 2 atom stereocenters. The minimum atomic E-state index is -0.740. The first-order valence-corrected chi connectivity index (χ1v) is 7.71. The van der Waals surface area contributed by atoms with Crippen LogP contribution in [0, 0.1) is 0 Å². The third-order valence-electron chi connectivity index (χ3n) is 3.91. The van der Waals surface area contributed by atoms with E-state index in [4.69, 9.17) is 4.74 Å². The van der Waals surface area contributed by atoms with E-state index in [-0.39, 0.29) is 11.5 Å². The minimum absolute atomic E-state index is 0.180. The highest BCUT2D eigenvalue weighted by Crippen LogP contribution is 2.24. The van der Waals surface area contributed by atoms with Crippen LogP contribution >= 0.6 is 0 Å². The summed E-state index contributed by atoms with van der Waals surface area (Å²) in [6.45, 7) is 11.7. The van der Waals surface area contributed by atoms with Gasteiger partial charge in [0.25, 0.3) is 0 Å². The van der Waals surface area contributed by atoms with Crippen molar-refractivity contribution in [1.82, 2.24) is 5.32 Å². The van der Waals surface area contributed by atoms with E-state index in [2.05, 4.69) is 57.3 Å². The van der Waals surface area contributed by atoms with Gasteiger partial charge < -0.3 is 15.2 Å². The largest absolute Gasteiger partial charge is 0.389 e. The van der Waals surface area contributed by atoms with Crippen molar-refractivity contribution in [2.24, 2.45) is 0 Å². The number of aliphatic hydroxyl groups is 1. The quantitative estimate of drug-likeness (QED) is 0.809. The Kier molecular flexibility index (Phi) is 6.39. The van der Waals surface area contributed by atoms with Crippen molar-refractivity contribution in [3.05, 3.63) is 35.4 Å². The second-order valence-corrected chi connectivity index (χ2v) is 7.21. The van der Waals surface area contributed by atoms with Crippen LogP contribution in [0.1, 0.15) is 58.2 Å². The molecule has 3 heteroatoms. The van der Waals surface area contributed by atoms with Gasteiger partial charge in [-0.05, 0) is 30.4 Å². The van der Waals surface area contributed by atoms with Gasteiger partial charge in [0, 0.05) is 32.7 Å². The molecule has 0 saturated carbocycles. The molecule has 0 aliphatic heterocycles. The van der Waals surface area contributed by atoms with Crippen LogP contribution in [0.15, 0.2) is 24.3 Å². The van der Waals surface area contributed by atoms with Crippen LogP contribution in [0.5, 0.6) is 0 Å². The van der Waals surface area contributed by atoms with Crippen LogP contribution < -0.4 is 5.32 Å². The standard InChI is InChI=1S/C18H31NO2/c1-14(19-13-18(5,20)11-12-21-6)15-7-9-16(10-8-15)17(2,3)4/h7-10,14,19-20H,11-13H2,1-6H3. The van der Waals surface area contributed by atoms with E-state index in [1.54, 1.807) is 7.11 Å². The van der Waals surface area contributed by atoms with E-state index in [0.717, 1.165) is 0 Å². The molecule has 120 valence electrons. The number of hydrogen-bond acceptors (Lipinski definition) is 3. The van der Waals surface area contributed by atoms with Crippen molar-refractivity contribution in [2.75, 3.05) is 20.3 Å². The topological polar surface area (TPSA) is 41.5 Å². The van der Waals surface area contributed by atoms with Crippen LogP contribution in [0.2, 0.25) is 0 Å². The molecule has 0 aromatic heterocycles. The fourth-order valence-electron chi connectivity index (χ4n) is 2.17. The van der Waals surface area contributed by atoms with Crippen molar-refractivity contribution in [2.45, 2.75) is 58.1 Å². The van der Waals surface area contributed by atoms with Gasteiger partial charge in [-0.2, -0.15) is 0 Å². The van der Waals surface area contributed by atoms with Gasteiger partial charge in [-0.25, -0.2) is 0 Å². The van der Waals surface area contributed by atoms with Gasteiger partial charge in [-0.15, -0.1) is 0 Å². The number of methoxy groups -OCH3 is 1. The summed E-state index contributed by atoms with van der Waals surface area (Å²) in [4.78, 5) is 0. The van der Waals surface area contributed by atoms with E-state index in [0.29, 0.717) is 19.6 Å². The Morgan fingerprint density at radius 2 is 1.71 bits per heavy atom. The fraction of sp³-hybridized carbons (Fsp3) is 0.667.